The molecule has 0 saturated carbocycles. The summed E-state index contributed by atoms with van der Waals surface area (Å²) in [5, 5.41) is 12.7. The van der Waals surface area contributed by atoms with Gasteiger partial charge in [0.05, 0.1) is 12.6 Å². The molecule has 1 amide bonds. The van der Waals surface area contributed by atoms with E-state index in [2.05, 4.69) is 27.2 Å². The maximum Gasteiger partial charge on any atom is 0.269 e. The summed E-state index contributed by atoms with van der Waals surface area (Å²) in [5.41, 5.74) is 0.880. The van der Waals surface area contributed by atoms with E-state index >= 15 is 0 Å². The molecular formula is C20H23N3O3S. The summed E-state index contributed by atoms with van der Waals surface area (Å²) in [5.74, 6) is -0.182. The third-order valence-electron chi connectivity index (χ3n) is 5.00. The zero-order chi connectivity index (χ0) is 18.5. The molecule has 2 aromatic rings. The number of hydrogen-bond acceptors (Lipinski definition) is 6. The van der Waals surface area contributed by atoms with Crippen molar-refractivity contribution in [1.29, 1.82) is 0 Å². The van der Waals surface area contributed by atoms with Crippen LogP contribution in [0.2, 0.25) is 0 Å². The van der Waals surface area contributed by atoms with Gasteiger partial charge in [-0.05, 0) is 23.4 Å². The van der Waals surface area contributed by atoms with Gasteiger partial charge in [0.1, 0.15) is 5.71 Å². The Labute approximate surface area is 162 Å². The van der Waals surface area contributed by atoms with Gasteiger partial charge in [0, 0.05) is 31.0 Å². The molecule has 0 unspecified atom stereocenters. The Morgan fingerprint density at radius 3 is 2.93 bits per heavy atom. The Morgan fingerprint density at radius 1 is 1.22 bits per heavy atom. The number of rotatable bonds is 6. The first-order valence-electron chi connectivity index (χ1n) is 9.16. The molecule has 7 heteroatoms. The first kappa shape index (κ1) is 18.2. The number of carbonyl (C=O) groups is 1. The summed E-state index contributed by atoms with van der Waals surface area (Å²) in [7, 11) is 0. The van der Waals surface area contributed by atoms with Crippen molar-refractivity contribution >= 4 is 23.0 Å². The van der Waals surface area contributed by atoms with Crippen LogP contribution < -0.4 is 10.6 Å². The van der Waals surface area contributed by atoms with Gasteiger partial charge in [-0.2, -0.15) is 0 Å². The molecule has 6 nitrogen and oxygen atoms in total. The number of ether oxygens (including phenoxy) is 1. The number of carbonyl (C=O) groups excluding carboxylic acids is 1. The van der Waals surface area contributed by atoms with Crippen molar-refractivity contribution in [2.24, 2.45) is 5.16 Å². The van der Waals surface area contributed by atoms with Gasteiger partial charge < -0.3 is 20.2 Å². The van der Waals surface area contributed by atoms with Crippen LogP contribution in [0, 0.1) is 0 Å². The van der Waals surface area contributed by atoms with E-state index in [0.717, 1.165) is 18.5 Å². The van der Waals surface area contributed by atoms with Crippen LogP contribution in [0.4, 0.5) is 0 Å². The normalized spacial score (nSPS) is 24.4. The Bertz CT molecular complexity index is 794. The van der Waals surface area contributed by atoms with E-state index in [1.165, 1.54) is 4.88 Å². The minimum absolute atomic E-state index is 0.0940. The first-order chi connectivity index (χ1) is 13.3. The summed E-state index contributed by atoms with van der Waals surface area (Å²) in [4.78, 5) is 19.6. The predicted molar refractivity (Wildman–Crippen MR) is 105 cm³/mol. The highest BCUT2D eigenvalue weighted by atomic mass is 32.1. The molecule has 142 valence electrons. The van der Waals surface area contributed by atoms with Crippen LogP contribution in [0.5, 0.6) is 0 Å². The first-order valence-corrected chi connectivity index (χ1v) is 10.0. The quantitative estimate of drug-likeness (QED) is 0.801. The molecule has 1 aromatic carbocycles. The smallest absolute Gasteiger partial charge is 0.269 e. The molecular weight excluding hydrogens is 362 g/mol. The van der Waals surface area contributed by atoms with E-state index < -0.39 is 5.60 Å². The van der Waals surface area contributed by atoms with Crippen molar-refractivity contribution in [1.82, 2.24) is 10.6 Å². The third kappa shape index (κ3) is 4.21. The fraction of sp³-hybridized carbons (Fsp3) is 0.400. The molecule has 0 aliphatic carbocycles. The SMILES string of the molecule is O=C(NCc1ccccc1)C1=NO[C@@]2(COCC[C@@H]2NCc2cccs2)C1. The van der Waals surface area contributed by atoms with Crippen LogP contribution >= 0.6 is 11.3 Å². The lowest BCUT2D eigenvalue weighted by Gasteiger charge is -2.38. The molecule has 1 spiro atoms. The van der Waals surface area contributed by atoms with E-state index in [-0.39, 0.29) is 11.9 Å². The maximum atomic E-state index is 12.5. The molecule has 27 heavy (non-hydrogen) atoms. The Morgan fingerprint density at radius 2 is 2.11 bits per heavy atom. The second-order valence-corrected chi connectivity index (χ2v) is 7.93. The van der Waals surface area contributed by atoms with Gasteiger partial charge >= 0.3 is 0 Å². The van der Waals surface area contributed by atoms with Gasteiger partial charge in [-0.1, -0.05) is 41.6 Å². The van der Waals surface area contributed by atoms with Crippen molar-refractivity contribution in [3.05, 3.63) is 58.3 Å². The van der Waals surface area contributed by atoms with E-state index in [9.17, 15) is 4.79 Å². The fourth-order valence-electron chi connectivity index (χ4n) is 3.49. The van der Waals surface area contributed by atoms with Crippen molar-refractivity contribution in [3.63, 3.8) is 0 Å². The average molecular weight is 385 g/mol. The topological polar surface area (TPSA) is 72.0 Å². The summed E-state index contributed by atoms with van der Waals surface area (Å²) in [6.45, 7) is 2.38. The monoisotopic (exact) mass is 385 g/mol. The highest BCUT2D eigenvalue weighted by Gasteiger charge is 2.49. The zero-order valence-electron chi connectivity index (χ0n) is 15.0. The minimum Gasteiger partial charge on any atom is -0.384 e. The molecule has 2 aliphatic heterocycles. The average Bonchev–Trinajstić information content (AvgIpc) is 3.37. The Balaban J connectivity index is 1.35. The molecule has 4 rings (SSSR count). The second kappa shape index (κ2) is 8.21. The van der Waals surface area contributed by atoms with Gasteiger partial charge in [-0.15, -0.1) is 11.3 Å². The molecule has 0 radical (unpaired) electrons. The van der Waals surface area contributed by atoms with Crippen molar-refractivity contribution < 1.29 is 14.4 Å². The zero-order valence-corrected chi connectivity index (χ0v) is 15.8. The Hall–Kier alpha value is -2.22. The number of thiophene rings is 1. The van der Waals surface area contributed by atoms with Gasteiger partial charge in [0.25, 0.3) is 5.91 Å². The highest BCUT2D eigenvalue weighted by molar-refractivity contribution is 7.09. The lowest BCUT2D eigenvalue weighted by Crippen LogP contribution is -2.57. The number of benzene rings is 1. The molecule has 0 bridgehead atoms. The number of nitrogens with one attached hydrogen (secondary N) is 2. The molecule has 2 aliphatic rings. The van der Waals surface area contributed by atoms with E-state index in [1.807, 2.05) is 36.4 Å². The van der Waals surface area contributed by atoms with Gasteiger partial charge in [-0.25, -0.2) is 0 Å². The van der Waals surface area contributed by atoms with Crippen LogP contribution in [-0.2, 0) is 27.5 Å². The summed E-state index contributed by atoms with van der Waals surface area (Å²) in [6, 6.07) is 14.1. The van der Waals surface area contributed by atoms with E-state index in [4.69, 9.17) is 9.57 Å². The predicted octanol–water partition coefficient (Wildman–Crippen LogP) is 2.46. The molecule has 1 fully saturated rings. The van der Waals surface area contributed by atoms with E-state index in [0.29, 0.717) is 31.9 Å². The molecule has 2 N–H and O–H groups in total. The molecule has 2 atom stereocenters. The Kier molecular flexibility index (Phi) is 5.52. The number of amides is 1. The van der Waals surface area contributed by atoms with Crippen LogP contribution in [0.15, 0.2) is 53.0 Å². The van der Waals surface area contributed by atoms with Crippen LogP contribution in [0.1, 0.15) is 23.3 Å². The third-order valence-corrected chi connectivity index (χ3v) is 5.87. The van der Waals surface area contributed by atoms with Crippen LogP contribution in [-0.4, -0.2) is 36.5 Å². The van der Waals surface area contributed by atoms with Crippen molar-refractivity contribution in [3.8, 4) is 0 Å². The molecule has 1 aromatic heterocycles. The lowest BCUT2D eigenvalue weighted by atomic mass is 9.86. The number of nitrogens with zero attached hydrogens (tertiary/aromatic N) is 1. The number of hydrogen-bond donors (Lipinski definition) is 2. The lowest BCUT2D eigenvalue weighted by molar-refractivity contribution is -0.131. The van der Waals surface area contributed by atoms with Crippen LogP contribution in [0.3, 0.4) is 0 Å². The standard InChI is InChI=1S/C20H23N3O3S/c24-19(22-12-15-5-2-1-3-6-15)17-11-20(26-23-17)14-25-9-8-18(20)21-13-16-7-4-10-27-16/h1-7,10,18,21H,8-9,11-14H2,(H,22,24)/t18-,20+/m0/s1. The second-order valence-electron chi connectivity index (χ2n) is 6.89. The van der Waals surface area contributed by atoms with Gasteiger partial charge in [0.15, 0.2) is 5.60 Å². The number of oxime groups is 1. The molecule has 1 saturated heterocycles. The summed E-state index contributed by atoms with van der Waals surface area (Å²) >= 11 is 1.73. The largest absolute Gasteiger partial charge is 0.384 e. The van der Waals surface area contributed by atoms with Crippen molar-refractivity contribution in [2.75, 3.05) is 13.2 Å². The van der Waals surface area contributed by atoms with Crippen molar-refractivity contribution in [2.45, 2.75) is 37.6 Å². The van der Waals surface area contributed by atoms with Crippen LogP contribution in [0.25, 0.3) is 0 Å². The van der Waals surface area contributed by atoms with E-state index in [1.54, 1.807) is 11.3 Å². The maximum absolute atomic E-state index is 12.5. The molecule has 3 heterocycles. The fourth-order valence-corrected chi connectivity index (χ4v) is 4.15. The van der Waals surface area contributed by atoms with Gasteiger partial charge in [-0.3, -0.25) is 4.79 Å². The minimum atomic E-state index is -0.602. The van der Waals surface area contributed by atoms with Gasteiger partial charge in [0.2, 0.25) is 0 Å². The summed E-state index contributed by atoms with van der Waals surface area (Å²) < 4.78 is 5.66. The highest BCUT2D eigenvalue weighted by Crippen LogP contribution is 2.33. The summed E-state index contributed by atoms with van der Waals surface area (Å²) in [6.07, 6.45) is 1.29.